The van der Waals surface area contributed by atoms with Gasteiger partial charge in [0.25, 0.3) is 0 Å². The van der Waals surface area contributed by atoms with Crippen molar-refractivity contribution in [2.24, 2.45) is 0 Å². The average molecular weight is 342 g/mol. The van der Waals surface area contributed by atoms with Gasteiger partial charge < -0.3 is 20.5 Å². The summed E-state index contributed by atoms with van der Waals surface area (Å²) in [5.74, 6) is 1.19. The molecule has 5 nitrogen and oxygen atoms in total. The van der Waals surface area contributed by atoms with Gasteiger partial charge in [-0.2, -0.15) is 0 Å². The highest BCUT2D eigenvalue weighted by Gasteiger charge is 2.07. The van der Waals surface area contributed by atoms with E-state index in [2.05, 4.69) is 29.7 Å². The van der Waals surface area contributed by atoms with Gasteiger partial charge >= 0.3 is 6.03 Å². The quantitative estimate of drug-likeness (QED) is 0.690. The molecule has 0 saturated heterocycles. The zero-order valence-corrected chi connectivity index (χ0v) is 14.8. The number of ether oxygens (including phenoxy) is 1. The van der Waals surface area contributed by atoms with Crippen LogP contribution in [0.2, 0.25) is 0 Å². The third kappa shape index (κ3) is 5.80. The van der Waals surface area contributed by atoms with Crippen molar-refractivity contribution in [2.75, 3.05) is 13.7 Å². The lowest BCUT2D eigenvalue weighted by Crippen LogP contribution is -2.36. The Morgan fingerprint density at radius 3 is 2.40 bits per heavy atom. The molecule has 1 unspecified atom stereocenters. The van der Waals surface area contributed by atoms with E-state index < -0.39 is 0 Å². The molecule has 2 rings (SSSR count). The molecule has 0 aromatic heterocycles. The molecule has 3 N–H and O–H groups in total. The van der Waals surface area contributed by atoms with Crippen molar-refractivity contribution in [1.29, 1.82) is 0 Å². The summed E-state index contributed by atoms with van der Waals surface area (Å²) < 4.78 is 5.16. The van der Waals surface area contributed by atoms with Crippen LogP contribution in [-0.4, -0.2) is 24.8 Å². The Morgan fingerprint density at radius 2 is 1.76 bits per heavy atom. The van der Waals surface area contributed by atoms with E-state index in [1.54, 1.807) is 7.11 Å². The number of methoxy groups -OCH3 is 1. The van der Waals surface area contributed by atoms with E-state index in [0.717, 1.165) is 23.3 Å². The first-order valence-corrected chi connectivity index (χ1v) is 8.47. The first-order chi connectivity index (χ1) is 12.1. The van der Waals surface area contributed by atoms with Crippen molar-refractivity contribution in [3.05, 3.63) is 65.2 Å². The maximum Gasteiger partial charge on any atom is 0.315 e. The summed E-state index contributed by atoms with van der Waals surface area (Å²) in [5, 5.41) is 15.0. The first kappa shape index (κ1) is 18.8. The number of carbonyl (C=O) groups is 1. The highest BCUT2D eigenvalue weighted by Crippen LogP contribution is 2.21. The zero-order chi connectivity index (χ0) is 18.1. The van der Waals surface area contributed by atoms with Crippen molar-refractivity contribution < 1.29 is 14.6 Å². The van der Waals surface area contributed by atoms with Crippen LogP contribution in [0.3, 0.4) is 0 Å². The molecule has 2 amide bonds. The minimum absolute atomic E-state index is 0.0289. The summed E-state index contributed by atoms with van der Waals surface area (Å²) in [7, 11) is 1.65. The SMILES string of the molecule is COc1ccc(C(C)CCNC(=O)NCc2ccccc2CO)cc1. The van der Waals surface area contributed by atoms with Crippen LogP contribution in [0.5, 0.6) is 5.75 Å². The maximum atomic E-state index is 11.9. The molecule has 0 fully saturated rings. The zero-order valence-electron chi connectivity index (χ0n) is 14.8. The third-order valence-corrected chi connectivity index (χ3v) is 4.28. The number of benzene rings is 2. The number of amides is 2. The summed E-state index contributed by atoms with van der Waals surface area (Å²) in [5.41, 5.74) is 2.97. The molecule has 0 bridgehead atoms. The molecular weight excluding hydrogens is 316 g/mol. The molecule has 0 radical (unpaired) electrons. The molecule has 1 atom stereocenters. The Balaban J connectivity index is 1.72. The van der Waals surface area contributed by atoms with Gasteiger partial charge in [-0.3, -0.25) is 0 Å². The van der Waals surface area contributed by atoms with Crippen LogP contribution in [-0.2, 0) is 13.2 Å². The smallest absolute Gasteiger partial charge is 0.315 e. The lowest BCUT2D eigenvalue weighted by Gasteiger charge is -2.14. The molecule has 2 aromatic carbocycles. The van der Waals surface area contributed by atoms with Crippen molar-refractivity contribution >= 4 is 6.03 Å². The van der Waals surface area contributed by atoms with Crippen molar-refractivity contribution in [1.82, 2.24) is 10.6 Å². The first-order valence-electron chi connectivity index (χ1n) is 8.47. The number of nitrogens with one attached hydrogen (secondary N) is 2. The summed E-state index contributed by atoms with van der Waals surface area (Å²) in [6.45, 7) is 3.11. The predicted octanol–water partition coefficient (Wildman–Crippen LogP) is 3.18. The van der Waals surface area contributed by atoms with Gasteiger partial charge in [0.05, 0.1) is 13.7 Å². The van der Waals surface area contributed by atoms with Gasteiger partial charge in [-0.25, -0.2) is 4.79 Å². The number of hydrogen-bond acceptors (Lipinski definition) is 3. The Morgan fingerprint density at radius 1 is 1.08 bits per heavy atom. The molecule has 0 saturated carbocycles. The molecule has 0 aliphatic heterocycles. The second-order valence-electron chi connectivity index (χ2n) is 6.00. The van der Waals surface area contributed by atoms with Gasteiger partial charge in [0.2, 0.25) is 0 Å². The van der Waals surface area contributed by atoms with Crippen LogP contribution < -0.4 is 15.4 Å². The Labute approximate surface area is 149 Å². The summed E-state index contributed by atoms with van der Waals surface area (Å²) in [4.78, 5) is 11.9. The fraction of sp³-hybridized carbons (Fsp3) is 0.350. The fourth-order valence-electron chi connectivity index (χ4n) is 2.62. The lowest BCUT2D eigenvalue weighted by molar-refractivity contribution is 0.240. The van der Waals surface area contributed by atoms with Crippen LogP contribution >= 0.6 is 0 Å². The second-order valence-corrected chi connectivity index (χ2v) is 6.00. The topological polar surface area (TPSA) is 70.6 Å². The van der Waals surface area contributed by atoms with Gasteiger partial charge in [-0.1, -0.05) is 43.3 Å². The van der Waals surface area contributed by atoms with Crippen molar-refractivity contribution in [2.45, 2.75) is 32.4 Å². The monoisotopic (exact) mass is 342 g/mol. The summed E-state index contributed by atoms with van der Waals surface area (Å²) in [6.07, 6.45) is 0.854. The van der Waals surface area contributed by atoms with Gasteiger partial charge in [-0.05, 0) is 41.2 Å². The average Bonchev–Trinajstić information content (AvgIpc) is 2.66. The van der Waals surface area contributed by atoms with Gasteiger partial charge in [0.15, 0.2) is 0 Å². The standard InChI is InChI=1S/C20H26N2O3/c1-15(16-7-9-19(25-2)10-8-16)11-12-21-20(24)22-13-17-5-3-4-6-18(17)14-23/h3-10,15,23H,11-14H2,1-2H3,(H2,21,22,24). The molecule has 0 spiro atoms. The predicted molar refractivity (Wildman–Crippen MR) is 98.6 cm³/mol. The Kier molecular flexibility index (Phi) is 7.29. The van der Waals surface area contributed by atoms with Gasteiger partial charge in [-0.15, -0.1) is 0 Å². The number of aliphatic hydroxyl groups is 1. The maximum absolute atomic E-state index is 11.9. The molecule has 5 heteroatoms. The molecule has 0 aliphatic rings. The highest BCUT2D eigenvalue weighted by molar-refractivity contribution is 5.73. The molecular formula is C20H26N2O3. The molecule has 0 heterocycles. The molecule has 134 valence electrons. The second kappa shape index (κ2) is 9.69. The van der Waals surface area contributed by atoms with Crippen LogP contribution in [0.15, 0.2) is 48.5 Å². The van der Waals surface area contributed by atoms with E-state index in [1.165, 1.54) is 5.56 Å². The van der Waals surface area contributed by atoms with E-state index >= 15 is 0 Å². The van der Waals surface area contributed by atoms with Gasteiger partial charge in [0, 0.05) is 13.1 Å². The minimum Gasteiger partial charge on any atom is -0.497 e. The van der Waals surface area contributed by atoms with E-state index in [9.17, 15) is 9.90 Å². The van der Waals surface area contributed by atoms with Crippen LogP contribution in [0, 0.1) is 0 Å². The lowest BCUT2D eigenvalue weighted by atomic mass is 9.98. The van der Waals surface area contributed by atoms with Gasteiger partial charge in [0.1, 0.15) is 5.75 Å². The minimum atomic E-state index is -0.199. The van der Waals surface area contributed by atoms with E-state index in [1.807, 2.05) is 36.4 Å². The normalized spacial score (nSPS) is 11.6. The Hall–Kier alpha value is -2.53. The van der Waals surface area contributed by atoms with E-state index in [0.29, 0.717) is 19.0 Å². The van der Waals surface area contributed by atoms with Crippen LogP contribution in [0.25, 0.3) is 0 Å². The summed E-state index contributed by atoms with van der Waals surface area (Å²) >= 11 is 0. The van der Waals surface area contributed by atoms with Crippen molar-refractivity contribution in [3.8, 4) is 5.75 Å². The number of rotatable bonds is 8. The number of carbonyl (C=O) groups excluding carboxylic acids is 1. The summed E-state index contributed by atoms with van der Waals surface area (Å²) in [6, 6.07) is 15.3. The number of aliphatic hydroxyl groups excluding tert-OH is 1. The number of hydrogen-bond donors (Lipinski definition) is 3. The van der Waals surface area contributed by atoms with E-state index in [-0.39, 0.29) is 12.6 Å². The molecule has 0 aliphatic carbocycles. The fourth-order valence-corrected chi connectivity index (χ4v) is 2.62. The van der Waals surface area contributed by atoms with Crippen LogP contribution in [0.4, 0.5) is 4.79 Å². The molecule has 25 heavy (non-hydrogen) atoms. The Bertz CT molecular complexity index is 671. The molecule has 2 aromatic rings. The van der Waals surface area contributed by atoms with Crippen molar-refractivity contribution in [3.63, 3.8) is 0 Å². The van der Waals surface area contributed by atoms with E-state index in [4.69, 9.17) is 4.74 Å². The third-order valence-electron chi connectivity index (χ3n) is 4.28. The van der Waals surface area contributed by atoms with Crippen LogP contribution in [0.1, 0.15) is 36.0 Å². The highest BCUT2D eigenvalue weighted by atomic mass is 16.5. The number of urea groups is 1. The largest absolute Gasteiger partial charge is 0.497 e.